The van der Waals surface area contributed by atoms with Gasteiger partial charge in [0.25, 0.3) is 5.91 Å². The number of likely N-dealkylation sites (tertiary alicyclic amines) is 1. The average molecular weight is 299 g/mol. The van der Waals surface area contributed by atoms with Crippen LogP contribution in [0.25, 0.3) is 11.1 Å². The van der Waals surface area contributed by atoms with Crippen molar-refractivity contribution in [1.82, 2.24) is 4.90 Å². The van der Waals surface area contributed by atoms with Crippen LogP contribution < -0.4 is 0 Å². The Labute approximate surface area is 127 Å². The van der Waals surface area contributed by atoms with Gasteiger partial charge in [-0.05, 0) is 35.8 Å². The SMILES string of the molecule is O=C(c1sccc1-c1ccccc1)N1CC(O)(C2CC2)C1. The van der Waals surface area contributed by atoms with Crippen molar-refractivity contribution in [3.63, 3.8) is 0 Å². The summed E-state index contributed by atoms with van der Waals surface area (Å²) in [4.78, 5) is 15.2. The van der Waals surface area contributed by atoms with Crippen LogP contribution in [0.3, 0.4) is 0 Å². The molecule has 4 rings (SSSR count). The molecule has 1 amide bonds. The molecule has 0 unspecified atom stereocenters. The molecular weight excluding hydrogens is 282 g/mol. The number of carbonyl (C=O) groups is 1. The third-order valence-corrected chi connectivity index (χ3v) is 5.40. The lowest BCUT2D eigenvalue weighted by molar-refractivity contribution is -0.0956. The number of thiophene rings is 1. The Bertz CT molecular complexity index is 669. The van der Waals surface area contributed by atoms with Crippen LogP contribution in [-0.2, 0) is 0 Å². The molecule has 0 atom stereocenters. The number of carbonyl (C=O) groups excluding carboxylic acids is 1. The Balaban J connectivity index is 1.55. The Morgan fingerprint density at radius 1 is 1.19 bits per heavy atom. The summed E-state index contributed by atoms with van der Waals surface area (Å²) in [5.74, 6) is 0.465. The minimum absolute atomic E-state index is 0.0502. The summed E-state index contributed by atoms with van der Waals surface area (Å²) in [5, 5.41) is 12.3. The predicted octanol–water partition coefficient (Wildman–Crippen LogP) is 3.01. The highest BCUT2D eigenvalue weighted by Crippen LogP contribution is 2.45. The molecule has 1 saturated carbocycles. The summed E-state index contributed by atoms with van der Waals surface area (Å²) in [6.45, 7) is 0.977. The molecule has 2 fully saturated rings. The fourth-order valence-electron chi connectivity index (χ4n) is 3.10. The van der Waals surface area contributed by atoms with Crippen LogP contribution in [-0.4, -0.2) is 34.6 Å². The minimum atomic E-state index is -0.611. The molecule has 1 aliphatic carbocycles. The number of rotatable bonds is 3. The molecule has 21 heavy (non-hydrogen) atoms. The van der Waals surface area contributed by atoms with E-state index >= 15 is 0 Å². The first-order chi connectivity index (χ1) is 10.2. The van der Waals surface area contributed by atoms with E-state index in [2.05, 4.69) is 0 Å². The van der Waals surface area contributed by atoms with Gasteiger partial charge in [-0.25, -0.2) is 0 Å². The standard InChI is InChI=1S/C17H17NO2S/c19-16(18-10-17(20,11-18)13-6-7-13)15-14(8-9-21-15)12-4-2-1-3-5-12/h1-5,8-9,13,20H,6-7,10-11H2. The summed E-state index contributed by atoms with van der Waals surface area (Å²) in [5.41, 5.74) is 1.45. The monoisotopic (exact) mass is 299 g/mol. The zero-order valence-electron chi connectivity index (χ0n) is 11.7. The van der Waals surface area contributed by atoms with Crippen molar-refractivity contribution in [3.05, 3.63) is 46.7 Å². The van der Waals surface area contributed by atoms with Crippen molar-refractivity contribution in [3.8, 4) is 11.1 Å². The number of β-amino-alcohol motifs (C(OH)–C–C–N with tert-alkyl or cyclic N) is 1. The second kappa shape index (κ2) is 4.68. The Kier molecular flexibility index (Phi) is 2.91. The summed E-state index contributed by atoms with van der Waals surface area (Å²) < 4.78 is 0. The highest BCUT2D eigenvalue weighted by molar-refractivity contribution is 7.12. The topological polar surface area (TPSA) is 40.5 Å². The van der Waals surface area contributed by atoms with Crippen LogP contribution in [0.5, 0.6) is 0 Å². The normalized spacial score (nSPS) is 20.1. The van der Waals surface area contributed by atoms with Crippen LogP contribution in [0.4, 0.5) is 0 Å². The number of nitrogens with zero attached hydrogens (tertiary/aromatic N) is 1. The second-order valence-corrected chi connectivity index (χ2v) is 6.98. The molecule has 1 aromatic carbocycles. The maximum Gasteiger partial charge on any atom is 0.264 e. The zero-order valence-corrected chi connectivity index (χ0v) is 12.5. The molecule has 1 aromatic heterocycles. The summed E-state index contributed by atoms with van der Waals surface area (Å²) in [6, 6.07) is 12.0. The molecule has 0 bridgehead atoms. The molecule has 2 aromatic rings. The molecular formula is C17H17NO2S. The third kappa shape index (κ3) is 2.19. The van der Waals surface area contributed by atoms with Gasteiger partial charge in [0, 0.05) is 5.56 Å². The van der Waals surface area contributed by atoms with Crippen molar-refractivity contribution < 1.29 is 9.90 Å². The van der Waals surface area contributed by atoms with E-state index < -0.39 is 5.60 Å². The van der Waals surface area contributed by atoms with E-state index in [9.17, 15) is 9.90 Å². The van der Waals surface area contributed by atoms with E-state index in [-0.39, 0.29) is 5.91 Å². The Hall–Kier alpha value is -1.65. The van der Waals surface area contributed by atoms with Crippen LogP contribution in [0.1, 0.15) is 22.5 Å². The highest BCUT2D eigenvalue weighted by atomic mass is 32.1. The van der Waals surface area contributed by atoms with Gasteiger partial charge in [0.05, 0.1) is 18.0 Å². The van der Waals surface area contributed by atoms with Crippen LogP contribution in [0.2, 0.25) is 0 Å². The summed E-state index contributed by atoms with van der Waals surface area (Å²) >= 11 is 1.48. The van der Waals surface area contributed by atoms with Gasteiger partial charge < -0.3 is 10.0 Å². The smallest absolute Gasteiger partial charge is 0.264 e. The number of hydrogen-bond donors (Lipinski definition) is 1. The molecule has 1 N–H and O–H groups in total. The molecule has 0 spiro atoms. The van der Waals surface area contributed by atoms with Crippen molar-refractivity contribution in [2.24, 2.45) is 5.92 Å². The largest absolute Gasteiger partial charge is 0.386 e. The summed E-state index contributed by atoms with van der Waals surface area (Å²) in [7, 11) is 0. The number of aliphatic hydroxyl groups is 1. The quantitative estimate of drug-likeness (QED) is 0.946. The highest BCUT2D eigenvalue weighted by Gasteiger charge is 2.53. The number of benzene rings is 1. The molecule has 1 saturated heterocycles. The second-order valence-electron chi connectivity index (χ2n) is 6.07. The lowest BCUT2D eigenvalue weighted by atomic mass is 9.88. The van der Waals surface area contributed by atoms with Crippen molar-refractivity contribution >= 4 is 17.2 Å². The van der Waals surface area contributed by atoms with E-state index in [4.69, 9.17) is 0 Å². The fraction of sp³-hybridized carbons (Fsp3) is 0.353. The lowest BCUT2D eigenvalue weighted by Crippen LogP contribution is -2.64. The number of hydrogen-bond acceptors (Lipinski definition) is 3. The van der Waals surface area contributed by atoms with E-state index in [0.717, 1.165) is 28.8 Å². The van der Waals surface area contributed by atoms with Crippen molar-refractivity contribution in [1.29, 1.82) is 0 Å². The maximum atomic E-state index is 12.6. The molecule has 4 heteroatoms. The van der Waals surface area contributed by atoms with Gasteiger partial charge in [0.2, 0.25) is 0 Å². The van der Waals surface area contributed by atoms with E-state index in [1.54, 1.807) is 4.90 Å². The first kappa shape index (κ1) is 13.0. The van der Waals surface area contributed by atoms with Gasteiger partial charge in [0.15, 0.2) is 0 Å². The Morgan fingerprint density at radius 3 is 2.57 bits per heavy atom. The van der Waals surface area contributed by atoms with Crippen LogP contribution >= 0.6 is 11.3 Å². The van der Waals surface area contributed by atoms with Crippen molar-refractivity contribution in [2.75, 3.05) is 13.1 Å². The molecule has 1 aliphatic heterocycles. The van der Waals surface area contributed by atoms with Gasteiger partial charge in [0.1, 0.15) is 5.60 Å². The van der Waals surface area contributed by atoms with Gasteiger partial charge in [-0.2, -0.15) is 0 Å². The van der Waals surface area contributed by atoms with E-state index in [1.807, 2.05) is 41.8 Å². The third-order valence-electron chi connectivity index (χ3n) is 4.50. The summed E-state index contributed by atoms with van der Waals surface area (Å²) in [6.07, 6.45) is 2.21. The maximum absolute atomic E-state index is 12.6. The first-order valence-electron chi connectivity index (χ1n) is 7.32. The average Bonchev–Trinajstić information content (AvgIpc) is 3.22. The van der Waals surface area contributed by atoms with Gasteiger partial charge >= 0.3 is 0 Å². The number of amides is 1. The predicted molar refractivity (Wildman–Crippen MR) is 83.3 cm³/mol. The first-order valence-corrected chi connectivity index (χ1v) is 8.20. The van der Waals surface area contributed by atoms with Gasteiger partial charge in [-0.3, -0.25) is 4.79 Å². The fourth-order valence-corrected chi connectivity index (χ4v) is 3.98. The lowest BCUT2D eigenvalue weighted by Gasteiger charge is -2.46. The molecule has 3 nitrogen and oxygen atoms in total. The van der Waals surface area contributed by atoms with Crippen LogP contribution in [0, 0.1) is 5.92 Å². The molecule has 2 aliphatic rings. The van der Waals surface area contributed by atoms with Crippen molar-refractivity contribution in [2.45, 2.75) is 18.4 Å². The minimum Gasteiger partial charge on any atom is -0.386 e. The van der Waals surface area contributed by atoms with Gasteiger partial charge in [-0.15, -0.1) is 11.3 Å². The van der Waals surface area contributed by atoms with Crippen LogP contribution in [0.15, 0.2) is 41.8 Å². The van der Waals surface area contributed by atoms with Gasteiger partial charge in [-0.1, -0.05) is 30.3 Å². The molecule has 0 radical (unpaired) electrons. The zero-order chi connectivity index (χ0) is 14.4. The Morgan fingerprint density at radius 2 is 1.90 bits per heavy atom. The molecule has 108 valence electrons. The molecule has 2 heterocycles. The van der Waals surface area contributed by atoms with E-state index in [0.29, 0.717) is 19.0 Å². The van der Waals surface area contributed by atoms with E-state index in [1.165, 1.54) is 11.3 Å².